The third-order valence-electron chi connectivity index (χ3n) is 3.59. The van der Waals surface area contributed by atoms with E-state index in [4.69, 9.17) is 4.52 Å². The first-order valence-electron chi connectivity index (χ1n) is 6.68. The van der Waals surface area contributed by atoms with Gasteiger partial charge in [0, 0.05) is 38.3 Å². The molecule has 0 bridgehead atoms. The molecule has 2 amide bonds. The number of rotatable bonds is 3. The highest BCUT2D eigenvalue weighted by atomic mass is 32.2. The minimum atomic E-state index is -3.18. The molecule has 1 N–H and O–H groups in total. The molecule has 2 heterocycles. The summed E-state index contributed by atoms with van der Waals surface area (Å²) in [6, 6.07) is -0.205. The highest BCUT2D eigenvalue weighted by Gasteiger charge is 2.26. The Morgan fingerprint density at radius 1 is 1.29 bits per heavy atom. The zero-order valence-electron chi connectivity index (χ0n) is 12.4. The number of aryl methyl sites for hydroxylation is 2. The van der Waals surface area contributed by atoms with E-state index >= 15 is 0 Å². The van der Waals surface area contributed by atoms with E-state index in [-0.39, 0.29) is 6.03 Å². The van der Waals surface area contributed by atoms with E-state index < -0.39 is 10.0 Å². The van der Waals surface area contributed by atoms with Crippen LogP contribution in [-0.4, -0.2) is 61.2 Å². The molecule has 0 radical (unpaired) electrons. The van der Waals surface area contributed by atoms with E-state index in [9.17, 15) is 13.2 Å². The Hall–Kier alpha value is -1.61. The van der Waals surface area contributed by atoms with Gasteiger partial charge in [-0.1, -0.05) is 5.16 Å². The van der Waals surface area contributed by atoms with Gasteiger partial charge in [-0.3, -0.25) is 0 Å². The molecular weight excluding hydrogens is 296 g/mol. The lowest BCUT2D eigenvalue weighted by atomic mass is 10.2. The SMILES string of the molecule is Cc1noc(C)c1CNC(=O)N1CCN(S(C)(=O)=O)CC1. The molecular formula is C12H20N4O4S. The fraction of sp³-hybridized carbons (Fsp3) is 0.667. The standard InChI is InChI=1S/C12H20N4O4S/c1-9-11(10(2)20-14-9)8-13-12(17)15-4-6-16(7-5-15)21(3,18)19/h4-8H2,1-3H3,(H,13,17). The van der Waals surface area contributed by atoms with Crippen molar-refractivity contribution in [2.75, 3.05) is 32.4 Å². The molecule has 9 heteroatoms. The fourth-order valence-electron chi connectivity index (χ4n) is 2.25. The van der Waals surface area contributed by atoms with Gasteiger partial charge >= 0.3 is 6.03 Å². The summed E-state index contributed by atoms with van der Waals surface area (Å²) >= 11 is 0. The van der Waals surface area contributed by atoms with Gasteiger partial charge in [-0.2, -0.15) is 4.31 Å². The summed E-state index contributed by atoms with van der Waals surface area (Å²) in [7, 11) is -3.18. The highest BCUT2D eigenvalue weighted by molar-refractivity contribution is 7.88. The van der Waals surface area contributed by atoms with Gasteiger partial charge in [0.05, 0.1) is 11.9 Å². The second-order valence-electron chi connectivity index (χ2n) is 5.11. The van der Waals surface area contributed by atoms with Gasteiger partial charge in [0.25, 0.3) is 0 Å². The van der Waals surface area contributed by atoms with Gasteiger partial charge in [-0.25, -0.2) is 13.2 Å². The molecule has 1 aromatic rings. The molecule has 0 unspecified atom stereocenters. The molecule has 0 aliphatic carbocycles. The molecule has 1 aromatic heterocycles. The topological polar surface area (TPSA) is 95.8 Å². The smallest absolute Gasteiger partial charge is 0.317 e. The summed E-state index contributed by atoms with van der Waals surface area (Å²) in [6.07, 6.45) is 1.18. The van der Waals surface area contributed by atoms with Crippen LogP contribution >= 0.6 is 0 Å². The molecule has 8 nitrogen and oxygen atoms in total. The van der Waals surface area contributed by atoms with Gasteiger partial charge < -0.3 is 14.7 Å². The number of nitrogens with one attached hydrogen (secondary N) is 1. The maximum atomic E-state index is 12.1. The first kappa shape index (κ1) is 15.8. The largest absolute Gasteiger partial charge is 0.361 e. The summed E-state index contributed by atoms with van der Waals surface area (Å²) < 4.78 is 29.2. The van der Waals surface area contributed by atoms with Crippen LogP contribution in [0.15, 0.2) is 4.52 Å². The van der Waals surface area contributed by atoms with Crippen LogP contribution in [0.1, 0.15) is 17.0 Å². The molecule has 1 aliphatic heterocycles. The Labute approximate surface area is 124 Å². The molecule has 1 aliphatic rings. The molecule has 0 saturated carbocycles. The lowest BCUT2D eigenvalue weighted by molar-refractivity contribution is 0.172. The molecule has 2 rings (SSSR count). The van der Waals surface area contributed by atoms with Crippen LogP contribution in [0.25, 0.3) is 0 Å². The number of piperazine rings is 1. The Kier molecular flexibility index (Phi) is 4.52. The van der Waals surface area contributed by atoms with Crippen LogP contribution in [0, 0.1) is 13.8 Å². The molecule has 118 valence electrons. The van der Waals surface area contributed by atoms with Gasteiger partial charge in [0.1, 0.15) is 5.76 Å². The van der Waals surface area contributed by atoms with E-state index in [0.717, 1.165) is 11.3 Å². The summed E-state index contributed by atoms with van der Waals surface area (Å²) in [5.41, 5.74) is 1.63. The number of sulfonamides is 1. The molecule has 21 heavy (non-hydrogen) atoms. The summed E-state index contributed by atoms with van der Waals surface area (Å²) in [6.45, 7) is 5.41. The average molecular weight is 316 g/mol. The van der Waals surface area contributed by atoms with Crippen molar-refractivity contribution >= 4 is 16.1 Å². The predicted molar refractivity (Wildman–Crippen MR) is 76.2 cm³/mol. The number of nitrogens with zero attached hydrogens (tertiary/aromatic N) is 3. The Balaban J connectivity index is 1.86. The van der Waals surface area contributed by atoms with Crippen molar-refractivity contribution in [3.63, 3.8) is 0 Å². The first-order valence-corrected chi connectivity index (χ1v) is 8.53. The van der Waals surface area contributed by atoms with Crippen LogP contribution in [0.3, 0.4) is 0 Å². The van der Waals surface area contributed by atoms with Crippen molar-refractivity contribution in [3.05, 3.63) is 17.0 Å². The van der Waals surface area contributed by atoms with Gasteiger partial charge in [0.2, 0.25) is 10.0 Å². The maximum Gasteiger partial charge on any atom is 0.317 e. The highest BCUT2D eigenvalue weighted by Crippen LogP contribution is 2.12. The maximum absolute atomic E-state index is 12.1. The number of carbonyl (C=O) groups excluding carboxylic acids is 1. The van der Waals surface area contributed by atoms with Crippen LogP contribution in [0.2, 0.25) is 0 Å². The van der Waals surface area contributed by atoms with Crippen LogP contribution < -0.4 is 5.32 Å². The Morgan fingerprint density at radius 2 is 1.90 bits per heavy atom. The molecule has 1 fully saturated rings. The lowest BCUT2D eigenvalue weighted by Gasteiger charge is -2.33. The lowest BCUT2D eigenvalue weighted by Crippen LogP contribution is -2.52. The van der Waals surface area contributed by atoms with Gasteiger partial charge in [0.15, 0.2) is 0 Å². The number of hydrogen-bond acceptors (Lipinski definition) is 5. The van der Waals surface area contributed by atoms with Crippen molar-refractivity contribution in [3.8, 4) is 0 Å². The van der Waals surface area contributed by atoms with E-state index in [1.807, 2.05) is 6.92 Å². The van der Waals surface area contributed by atoms with E-state index in [1.54, 1.807) is 11.8 Å². The fourth-order valence-corrected chi connectivity index (χ4v) is 3.08. The number of hydrogen-bond donors (Lipinski definition) is 1. The Morgan fingerprint density at radius 3 is 2.38 bits per heavy atom. The van der Waals surface area contributed by atoms with Crippen molar-refractivity contribution in [2.45, 2.75) is 20.4 Å². The van der Waals surface area contributed by atoms with Crippen molar-refractivity contribution in [2.24, 2.45) is 0 Å². The number of carbonyl (C=O) groups is 1. The van der Waals surface area contributed by atoms with E-state index in [1.165, 1.54) is 10.6 Å². The molecule has 1 saturated heterocycles. The van der Waals surface area contributed by atoms with Crippen LogP contribution in [-0.2, 0) is 16.6 Å². The number of urea groups is 1. The van der Waals surface area contributed by atoms with Gasteiger partial charge in [-0.15, -0.1) is 0 Å². The second kappa shape index (κ2) is 6.02. The molecule has 0 atom stereocenters. The van der Waals surface area contributed by atoms with E-state index in [2.05, 4.69) is 10.5 Å². The van der Waals surface area contributed by atoms with Crippen molar-refractivity contribution in [1.29, 1.82) is 0 Å². The third-order valence-corrected chi connectivity index (χ3v) is 4.90. The molecule has 0 aromatic carbocycles. The molecule has 0 spiro atoms. The van der Waals surface area contributed by atoms with Crippen molar-refractivity contribution in [1.82, 2.24) is 19.7 Å². The summed E-state index contributed by atoms with van der Waals surface area (Å²) in [5, 5.41) is 6.64. The minimum absolute atomic E-state index is 0.205. The van der Waals surface area contributed by atoms with Crippen LogP contribution in [0.4, 0.5) is 4.79 Å². The zero-order valence-corrected chi connectivity index (χ0v) is 13.2. The predicted octanol–water partition coefficient (Wildman–Crippen LogP) is 0.0782. The zero-order chi connectivity index (χ0) is 15.6. The number of amides is 2. The summed E-state index contributed by atoms with van der Waals surface area (Å²) in [4.78, 5) is 13.7. The number of aromatic nitrogens is 1. The van der Waals surface area contributed by atoms with Crippen molar-refractivity contribution < 1.29 is 17.7 Å². The summed E-state index contributed by atoms with van der Waals surface area (Å²) in [5.74, 6) is 0.690. The van der Waals surface area contributed by atoms with E-state index in [0.29, 0.717) is 38.5 Å². The average Bonchev–Trinajstić information content (AvgIpc) is 2.75. The second-order valence-corrected chi connectivity index (χ2v) is 7.09. The van der Waals surface area contributed by atoms with Gasteiger partial charge in [-0.05, 0) is 13.8 Å². The minimum Gasteiger partial charge on any atom is -0.361 e. The third kappa shape index (κ3) is 3.73. The normalized spacial score (nSPS) is 17.0. The van der Waals surface area contributed by atoms with Crippen LogP contribution in [0.5, 0.6) is 0 Å². The quantitative estimate of drug-likeness (QED) is 0.852. The monoisotopic (exact) mass is 316 g/mol. The Bertz CT molecular complexity index is 598. The first-order chi connectivity index (χ1) is 9.79.